The molecule has 3 heterocycles. The Labute approximate surface area is 326 Å². The van der Waals surface area contributed by atoms with E-state index in [2.05, 4.69) is 204 Å². The maximum absolute atomic E-state index is 6.81. The third-order valence-electron chi connectivity index (χ3n) is 11.4. The second kappa shape index (κ2) is 12.2. The van der Waals surface area contributed by atoms with Crippen molar-refractivity contribution in [2.75, 3.05) is 4.90 Å². The normalized spacial score (nSPS) is 11.9. The van der Waals surface area contributed by atoms with Crippen molar-refractivity contribution >= 4 is 103 Å². The van der Waals surface area contributed by atoms with Crippen LogP contribution in [0.4, 0.5) is 17.1 Å². The molecule has 12 aromatic rings. The lowest BCUT2D eigenvalue weighted by molar-refractivity contribution is 0.672. The molecule has 0 fully saturated rings. The minimum atomic E-state index is 0.859. The molecule has 9 aromatic carbocycles. The Balaban J connectivity index is 1.18. The summed E-state index contributed by atoms with van der Waals surface area (Å²) in [5.41, 5.74) is 10.7. The Morgan fingerprint density at radius 2 is 1.05 bits per heavy atom. The number of benzene rings is 9. The first kappa shape index (κ1) is 31.2. The number of aromatic nitrogens is 1. The van der Waals surface area contributed by atoms with Crippen molar-refractivity contribution in [1.82, 2.24) is 4.57 Å². The van der Waals surface area contributed by atoms with Gasteiger partial charge in [-0.15, -0.1) is 11.3 Å². The lowest BCUT2D eigenvalue weighted by Crippen LogP contribution is -2.14. The van der Waals surface area contributed by atoms with Crippen molar-refractivity contribution in [3.05, 3.63) is 194 Å². The molecule has 262 valence electrons. The second-order valence-corrected chi connectivity index (χ2v) is 15.5. The van der Waals surface area contributed by atoms with Crippen molar-refractivity contribution in [3.8, 4) is 16.8 Å². The van der Waals surface area contributed by atoms with E-state index in [4.69, 9.17) is 4.42 Å². The molecule has 0 aliphatic heterocycles. The third-order valence-corrected chi connectivity index (χ3v) is 12.5. The summed E-state index contributed by atoms with van der Waals surface area (Å²) in [6, 6.07) is 70.3. The predicted molar refractivity (Wildman–Crippen MR) is 239 cm³/mol. The number of para-hydroxylation sites is 5. The number of anilines is 3. The minimum Gasteiger partial charge on any atom is -0.455 e. The zero-order chi connectivity index (χ0) is 36.7. The topological polar surface area (TPSA) is 21.3 Å². The van der Waals surface area contributed by atoms with E-state index in [9.17, 15) is 0 Å². The molecule has 0 saturated carbocycles. The van der Waals surface area contributed by atoms with E-state index in [0.717, 1.165) is 61.0 Å². The molecule has 0 aliphatic rings. The van der Waals surface area contributed by atoms with Gasteiger partial charge in [-0.3, -0.25) is 0 Å². The summed E-state index contributed by atoms with van der Waals surface area (Å²) >= 11 is 1.86. The van der Waals surface area contributed by atoms with Crippen molar-refractivity contribution in [2.24, 2.45) is 0 Å². The van der Waals surface area contributed by atoms with E-state index in [1.54, 1.807) is 0 Å². The maximum atomic E-state index is 6.81. The Kier molecular flexibility index (Phi) is 6.80. The zero-order valence-corrected chi connectivity index (χ0v) is 31.0. The number of nitrogens with zero attached hydrogens (tertiary/aromatic N) is 2. The highest BCUT2D eigenvalue weighted by molar-refractivity contribution is 7.25. The monoisotopic (exact) mass is 732 g/mol. The summed E-state index contributed by atoms with van der Waals surface area (Å²) in [7, 11) is 0. The zero-order valence-electron chi connectivity index (χ0n) is 30.2. The Bertz CT molecular complexity index is 3460. The standard InChI is InChI=1S/C52H32N2OS/c1-2-16-36-33(14-1)28-31-41-51-47(25-13-26-48(51)55-52(36)41)54(42-20-7-3-15-35(42)34-29-30-40-39-19-6-12-27-49(39)56-50(40)32-34)46-24-11-10-23-45(46)53-43-21-8-4-17-37(43)38-18-5-9-22-44(38)53/h1-32H. The molecule has 0 bridgehead atoms. The van der Waals surface area contributed by atoms with Gasteiger partial charge >= 0.3 is 0 Å². The van der Waals surface area contributed by atoms with Crippen LogP contribution < -0.4 is 4.90 Å². The highest BCUT2D eigenvalue weighted by Crippen LogP contribution is 2.49. The second-order valence-electron chi connectivity index (χ2n) is 14.4. The quantitative estimate of drug-likeness (QED) is 0.176. The largest absolute Gasteiger partial charge is 0.455 e. The van der Waals surface area contributed by atoms with Crippen LogP contribution in [0.3, 0.4) is 0 Å². The number of fused-ring (bicyclic) bond motifs is 11. The van der Waals surface area contributed by atoms with E-state index in [-0.39, 0.29) is 0 Å². The van der Waals surface area contributed by atoms with Crippen LogP contribution in [0, 0.1) is 0 Å². The Morgan fingerprint density at radius 1 is 0.429 bits per heavy atom. The summed E-state index contributed by atoms with van der Waals surface area (Å²) in [5.74, 6) is 0. The third kappa shape index (κ3) is 4.57. The van der Waals surface area contributed by atoms with Gasteiger partial charge in [-0.2, -0.15) is 0 Å². The van der Waals surface area contributed by atoms with Crippen LogP contribution in [0.1, 0.15) is 0 Å². The van der Waals surface area contributed by atoms with E-state index < -0.39 is 0 Å². The highest BCUT2D eigenvalue weighted by Gasteiger charge is 2.26. The van der Waals surface area contributed by atoms with Gasteiger partial charge in [0.2, 0.25) is 0 Å². The van der Waals surface area contributed by atoms with Crippen LogP contribution in [0.25, 0.3) is 91.5 Å². The van der Waals surface area contributed by atoms with E-state index >= 15 is 0 Å². The van der Waals surface area contributed by atoms with Crippen LogP contribution in [0.2, 0.25) is 0 Å². The predicted octanol–water partition coefficient (Wildman–Crippen LogP) is 15.3. The van der Waals surface area contributed by atoms with Crippen molar-refractivity contribution in [1.29, 1.82) is 0 Å². The van der Waals surface area contributed by atoms with Gasteiger partial charge in [0.15, 0.2) is 0 Å². The molecule has 12 rings (SSSR count). The summed E-state index contributed by atoms with van der Waals surface area (Å²) in [6.45, 7) is 0. The van der Waals surface area contributed by atoms with Gasteiger partial charge in [-0.05, 0) is 71.6 Å². The SMILES string of the molecule is c1ccc(N(c2ccccc2-n2c3ccccc3c3ccccc32)c2cccc3oc4c5ccccc5ccc4c23)c(-c2ccc3c(c2)sc2ccccc23)c1. The fraction of sp³-hybridized carbons (Fsp3) is 0. The van der Waals surface area contributed by atoms with Crippen molar-refractivity contribution < 1.29 is 4.42 Å². The molecule has 56 heavy (non-hydrogen) atoms. The van der Waals surface area contributed by atoms with Crippen molar-refractivity contribution in [3.63, 3.8) is 0 Å². The number of rotatable bonds is 5. The summed E-state index contributed by atoms with van der Waals surface area (Å²) in [5, 5.41) is 9.52. The highest BCUT2D eigenvalue weighted by atomic mass is 32.1. The summed E-state index contributed by atoms with van der Waals surface area (Å²) in [4.78, 5) is 2.47. The first-order valence-corrected chi connectivity index (χ1v) is 19.8. The smallest absolute Gasteiger partial charge is 0.143 e. The molecule has 0 N–H and O–H groups in total. The fourth-order valence-corrected chi connectivity index (χ4v) is 10.1. The Morgan fingerprint density at radius 3 is 1.89 bits per heavy atom. The molecule has 4 heteroatoms. The molecule has 0 saturated heterocycles. The molecule has 0 aliphatic carbocycles. The average molecular weight is 733 g/mol. The van der Waals surface area contributed by atoms with E-state index in [1.807, 2.05) is 11.3 Å². The number of hydrogen-bond acceptors (Lipinski definition) is 3. The molecule has 3 nitrogen and oxygen atoms in total. The van der Waals surface area contributed by atoms with Crippen LogP contribution >= 0.6 is 11.3 Å². The van der Waals surface area contributed by atoms with Gasteiger partial charge in [0.05, 0.1) is 39.2 Å². The van der Waals surface area contributed by atoms with Gasteiger partial charge in [-0.25, -0.2) is 0 Å². The number of thiophene rings is 1. The first-order valence-electron chi connectivity index (χ1n) is 19.0. The molecular weight excluding hydrogens is 701 g/mol. The lowest BCUT2D eigenvalue weighted by atomic mass is 9.99. The van der Waals surface area contributed by atoms with Crippen LogP contribution in [0.15, 0.2) is 199 Å². The molecule has 0 atom stereocenters. The van der Waals surface area contributed by atoms with E-state index in [1.165, 1.54) is 47.5 Å². The number of furan rings is 1. The van der Waals surface area contributed by atoms with Crippen molar-refractivity contribution in [2.45, 2.75) is 0 Å². The summed E-state index contributed by atoms with van der Waals surface area (Å²) < 4.78 is 11.8. The van der Waals surface area contributed by atoms with Gasteiger partial charge in [0, 0.05) is 47.3 Å². The van der Waals surface area contributed by atoms with Gasteiger partial charge < -0.3 is 13.9 Å². The maximum Gasteiger partial charge on any atom is 0.143 e. The Hall–Kier alpha value is -7.14. The molecule has 0 unspecified atom stereocenters. The van der Waals surface area contributed by atoms with Gasteiger partial charge in [0.25, 0.3) is 0 Å². The molecule has 3 aromatic heterocycles. The molecule has 0 spiro atoms. The summed E-state index contributed by atoms with van der Waals surface area (Å²) in [6.07, 6.45) is 0. The van der Waals surface area contributed by atoms with Crippen LogP contribution in [0.5, 0.6) is 0 Å². The molecule has 0 amide bonds. The van der Waals surface area contributed by atoms with Crippen LogP contribution in [-0.4, -0.2) is 4.57 Å². The van der Waals surface area contributed by atoms with Crippen LogP contribution in [-0.2, 0) is 0 Å². The minimum absolute atomic E-state index is 0.859. The first-order chi connectivity index (χ1) is 27.8. The lowest BCUT2D eigenvalue weighted by Gasteiger charge is -2.30. The molecule has 0 radical (unpaired) electrons. The van der Waals surface area contributed by atoms with E-state index in [0.29, 0.717) is 0 Å². The number of hydrogen-bond donors (Lipinski definition) is 0. The van der Waals surface area contributed by atoms with Gasteiger partial charge in [0.1, 0.15) is 11.2 Å². The molecular formula is C52H32N2OS. The average Bonchev–Trinajstić information content (AvgIpc) is 3.94. The van der Waals surface area contributed by atoms with Gasteiger partial charge in [-0.1, -0.05) is 133 Å². The fourth-order valence-electron chi connectivity index (χ4n) is 8.94.